The molecule has 0 spiro atoms. The van der Waals surface area contributed by atoms with Crippen molar-refractivity contribution in [3.63, 3.8) is 0 Å². The summed E-state index contributed by atoms with van der Waals surface area (Å²) in [5.41, 5.74) is 0. The Morgan fingerprint density at radius 3 is 1.32 bits per heavy atom. The molecule has 2 atom stereocenters. The molecule has 9 nitrogen and oxygen atoms in total. The van der Waals surface area contributed by atoms with Gasteiger partial charge in [-0.05, 0) is 57.8 Å². The highest BCUT2D eigenvalue weighted by molar-refractivity contribution is 7.45. The van der Waals surface area contributed by atoms with Crippen molar-refractivity contribution in [2.45, 2.75) is 225 Å². The van der Waals surface area contributed by atoms with Crippen molar-refractivity contribution < 1.29 is 42.1 Å². The van der Waals surface area contributed by atoms with Crippen LogP contribution < -0.4 is 4.89 Å². The van der Waals surface area contributed by atoms with Crippen LogP contribution in [0.2, 0.25) is 0 Å². The summed E-state index contributed by atoms with van der Waals surface area (Å²) in [6.07, 6.45) is 52.8. The number of rotatable bonds is 46. The molecule has 0 aliphatic carbocycles. The number of hydrogen-bond acceptors (Lipinski definition) is 8. The zero-order valence-corrected chi connectivity index (χ0v) is 41.7. The Labute approximate surface area is 382 Å². The highest BCUT2D eigenvalue weighted by Gasteiger charge is 2.21. The lowest BCUT2D eigenvalue weighted by atomic mass is 10.0. The second-order valence-corrected chi connectivity index (χ2v) is 19.6. The van der Waals surface area contributed by atoms with Crippen molar-refractivity contribution in [2.24, 2.45) is 0 Å². The standard InChI is InChI=1S/C52H96NO8P/c1-6-8-10-12-14-16-18-20-22-24-26-28-30-32-34-36-38-40-42-44-51(54)58-48-50(49-60-62(56,57)59-47-46-53(3,4)5)61-52(55)45-43-41-39-37-35-33-31-29-27-25-23-21-19-17-15-13-11-9-7-2/h14,16,20,22,26,28,32,34,50H,6-13,15,17-19,21,23-25,27,29-31,33,35-49H2,1-5H3/b16-14-,22-20-,28-26-,34-32-/t50-/m1/s1. The molecule has 10 heteroatoms. The van der Waals surface area contributed by atoms with Crippen molar-refractivity contribution in [3.8, 4) is 0 Å². The van der Waals surface area contributed by atoms with Gasteiger partial charge in [-0.25, -0.2) is 0 Å². The maximum absolute atomic E-state index is 12.7. The molecule has 362 valence electrons. The Hall–Kier alpha value is -2.03. The number of hydrogen-bond donors (Lipinski definition) is 0. The molecular formula is C52H96NO8P. The number of nitrogens with zero attached hydrogens (tertiary/aromatic N) is 1. The third kappa shape index (κ3) is 47.4. The Balaban J connectivity index is 4.31. The lowest BCUT2D eigenvalue weighted by Gasteiger charge is -2.28. The van der Waals surface area contributed by atoms with E-state index in [0.29, 0.717) is 23.9 Å². The lowest BCUT2D eigenvalue weighted by molar-refractivity contribution is -0.870. The topological polar surface area (TPSA) is 111 Å². The summed E-state index contributed by atoms with van der Waals surface area (Å²) < 4.78 is 34.0. The van der Waals surface area contributed by atoms with Crippen LogP contribution in [0.1, 0.15) is 219 Å². The fourth-order valence-electron chi connectivity index (χ4n) is 6.87. The lowest BCUT2D eigenvalue weighted by Crippen LogP contribution is -2.37. The summed E-state index contributed by atoms with van der Waals surface area (Å²) in [4.78, 5) is 37.7. The van der Waals surface area contributed by atoms with Crippen LogP contribution in [0.5, 0.6) is 0 Å². The Morgan fingerprint density at radius 1 is 0.500 bits per heavy atom. The van der Waals surface area contributed by atoms with E-state index in [1.807, 2.05) is 21.1 Å². The van der Waals surface area contributed by atoms with Gasteiger partial charge in [-0.15, -0.1) is 0 Å². The number of ether oxygens (including phenoxy) is 2. The summed E-state index contributed by atoms with van der Waals surface area (Å²) in [5, 5.41) is 0. The Bertz CT molecular complexity index is 1190. The van der Waals surface area contributed by atoms with Crippen molar-refractivity contribution in [2.75, 3.05) is 47.5 Å². The maximum Gasteiger partial charge on any atom is 0.306 e. The van der Waals surface area contributed by atoms with Gasteiger partial charge in [0, 0.05) is 12.8 Å². The van der Waals surface area contributed by atoms with Gasteiger partial charge in [0.15, 0.2) is 6.10 Å². The minimum absolute atomic E-state index is 0.0362. The molecule has 0 radical (unpaired) electrons. The summed E-state index contributed by atoms with van der Waals surface area (Å²) in [6.45, 7) is 4.19. The minimum atomic E-state index is -4.64. The van der Waals surface area contributed by atoms with Crippen molar-refractivity contribution >= 4 is 19.8 Å². The molecule has 0 amide bonds. The molecule has 0 aromatic heterocycles. The number of likely N-dealkylation sites (N-methyl/N-ethyl adjacent to an activating group) is 1. The van der Waals surface area contributed by atoms with Crippen LogP contribution >= 0.6 is 7.82 Å². The molecule has 0 N–H and O–H groups in total. The van der Waals surface area contributed by atoms with Gasteiger partial charge in [-0.3, -0.25) is 14.2 Å². The second kappa shape index (κ2) is 44.2. The summed E-state index contributed by atoms with van der Waals surface area (Å²) in [7, 11) is 1.15. The number of quaternary nitrogens is 1. The van der Waals surface area contributed by atoms with Crippen LogP contribution in [0, 0.1) is 0 Å². The monoisotopic (exact) mass is 894 g/mol. The van der Waals surface area contributed by atoms with E-state index in [1.54, 1.807) is 0 Å². The molecule has 0 aromatic carbocycles. The van der Waals surface area contributed by atoms with Gasteiger partial charge in [0.25, 0.3) is 7.82 Å². The number of unbranched alkanes of at least 4 members (excludes halogenated alkanes) is 24. The number of phosphoric ester groups is 1. The van der Waals surface area contributed by atoms with Gasteiger partial charge >= 0.3 is 11.9 Å². The van der Waals surface area contributed by atoms with Gasteiger partial charge in [-0.2, -0.15) is 0 Å². The van der Waals surface area contributed by atoms with Crippen LogP contribution in [0.15, 0.2) is 48.6 Å². The molecule has 0 rings (SSSR count). The Kier molecular flexibility index (Phi) is 42.7. The average molecular weight is 894 g/mol. The maximum atomic E-state index is 12.7. The first-order valence-corrected chi connectivity index (χ1v) is 26.8. The van der Waals surface area contributed by atoms with Crippen molar-refractivity contribution in [3.05, 3.63) is 48.6 Å². The predicted octanol–water partition coefficient (Wildman–Crippen LogP) is 14.4. The van der Waals surface area contributed by atoms with E-state index in [1.165, 1.54) is 122 Å². The van der Waals surface area contributed by atoms with E-state index < -0.39 is 32.5 Å². The molecule has 0 saturated carbocycles. The van der Waals surface area contributed by atoms with Crippen molar-refractivity contribution in [1.82, 2.24) is 0 Å². The van der Waals surface area contributed by atoms with E-state index in [9.17, 15) is 19.0 Å². The molecule has 0 aliphatic rings. The first kappa shape index (κ1) is 60.0. The average Bonchev–Trinajstić information content (AvgIpc) is 3.23. The normalized spacial score (nSPS) is 13.8. The van der Waals surface area contributed by atoms with Gasteiger partial charge in [0.2, 0.25) is 0 Å². The largest absolute Gasteiger partial charge is 0.756 e. The number of phosphoric acid groups is 1. The molecule has 0 aliphatic heterocycles. The molecular weight excluding hydrogens is 798 g/mol. The zero-order chi connectivity index (χ0) is 45.7. The summed E-state index contributed by atoms with van der Waals surface area (Å²) in [5.74, 6) is -0.864. The molecule has 0 heterocycles. The number of esters is 2. The van der Waals surface area contributed by atoms with Crippen LogP contribution in [0.4, 0.5) is 0 Å². The van der Waals surface area contributed by atoms with E-state index in [-0.39, 0.29) is 26.1 Å². The van der Waals surface area contributed by atoms with Crippen LogP contribution in [-0.4, -0.2) is 70.0 Å². The van der Waals surface area contributed by atoms with Crippen LogP contribution in [0.25, 0.3) is 0 Å². The SMILES string of the molecule is CCCCC/C=C\C/C=C\C/C=C\C/C=C\CCCCCC(=O)OC[C@H](COP(=O)([O-])OCC[N+](C)(C)C)OC(=O)CCCCCCCCCCCCCCCCCCCCC. The molecule has 0 bridgehead atoms. The highest BCUT2D eigenvalue weighted by atomic mass is 31.2. The van der Waals surface area contributed by atoms with E-state index in [2.05, 4.69) is 62.5 Å². The fourth-order valence-corrected chi connectivity index (χ4v) is 7.60. The number of allylic oxidation sites excluding steroid dienone is 8. The van der Waals surface area contributed by atoms with Gasteiger partial charge in [0.05, 0.1) is 27.7 Å². The first-order valence-electron chi connectivity index (χ1n) is 25.3. The van der Waals surface area contributed by atoms with Gasteiger partial charge in [0.1, 0.15) is 19.8 Å². The van der Waals surface area contributed by atoms with Gasteiger partial charge < -0.3 is 27.9 Å². The van der Waals surface area contributed by atoms with Crippen LogP contribution in [0.3, 0.4) is 0 Å². The summed E-state index contributed by atoms with van der Waals surface area (Å²) in [6, 6.07) is 0. The molecule has 0 saturated heterocycles. The predicted molar refractivity (Wildman–Crippen MR) is 259 cm³/mol. The third-order valence-electron chi connectivity index (χ3n) is 10.9. The van der Waals surface area contributed by atoms with E-state index in [0.717, 1.165) is 57.8 Å². The van der Waals surface area contributed by atoms with E-state index >= 15 is 0 Å². The minimum Gasteiger partial charge on any atom is -0.756 e. The van der Waals surface area contributed by atoms with Gasteiger partial charge in [-0.1, -0.05) is 197 Å². The number of carbonyl (C=O) groups excluding carboxylic acids is 2. The first-order chi connectivity index (χ1) is 30.0. The molecule has 0 fully saturated rings. The summed E-state index contributed by atoms with van der Waals surface area (Å²) >= 11 is 0. The zero-order valence-electron chi connectivity index (χ0n) is 40.8. The smallest absolute Gasteiger partial charge is 0.306 e. The quantitative estimate of drug-likeness (QED) is 0.0195. The molecule has 1 unspecified atom stereocenters. The van der Waals surface area contributed by atoms with E-state index in [4.69, 9.17) is 18.5 Å². The number of carbonyl (C=O) groups is 2. The fraction of sp³-hybridized carbons (Fsp3) is 0.808. The Morgan fingerprint density at radius 2 is 0.871 bits per heavy atom. The molecule has 0 aromatic rings. The van der Waals surface area contributed by atoms with Crippen LogP contribution in [-0.2, 0) is 32.7 Å². The molecule has 62 heavy (non-hydrogen) atoms. The second-order valence-electron chi connectivity index (χ2n) is 18.2. The van der Waals surface area contributed by atoms with Crippen molar-refractivity contribution in [1.29, 1.82) is 0 Å². The third-order valence-corrected chi connectivity index (χ3v) is 11.8. The highest BCUT2D eigenvalue weighted by Crippen LogP contribution is 2.38.